The molecule has 1 aliphatic rings. The fourth-order valence-electron chi connectivity index (χ4n) is 2.18. The molecule has 20 heavy (non-hydrogen) atoms. The van der Waals surface area contributed by atoms with E-state index in [4.69, 9.17) is 15.2 Å². The first-order valence-electron chi connectivity index (χ1n) is 6.50. The maximum absolute atomic E-state index is 11.8. The lowest BCUT2D eigenvalue weighted by molar-refractivity contribution is -0.116. The Morgan fingerprint density at radius 1 is 1.55 bits per heavy atom. The lowest BCUT2D eigenvalue weighted by atomic mass is 10.0. The summed E-state index contributed by atoms with van der Waals surface area (Å²) >= 11 is 0. The SMILES string of the molecule is COc1ccc(NC(=O)CCC2CCOC2)cc1N.Cl. The molecular weight excluding hydrogens is 280 g/mol. The van der Waals surface area contributed by atoms with Gasteiger partial charge in [-0.1, -0.05) is 0 Å². The minimum Gasteiger partial charge on any atom is -0.495 e. The maximum Gasteiger partial charge on any atom is 0.224 e. The van der Waals surface area contributed by atoms with E-state index >= 15 is 0 Å². The zero-order chi connectivity index (χ0) is 13.7. The minimum absolute atomic E-state index is 0. The summed E-state index contributed by atoms with van der Waals surface area (Å²) in [4.78, 5) is 11.8. The van der Waals surface area contributed by atoms with Gasteiger partial charge < -0.3 is 20.5 Å². The average Bonchev–Trinajstić information content (AvgIpc) is 2.90. The molecule has 0 aliphatic carbocycles. The van der Waals surface area contributed by atoms with E-state index < -0.39 is 0 Å². The largest absolute Gasteiger partial charge is 0.495 e. The predicted molar refractivity (Wildman–Crippen MR) is 81.4 cm³/mol. The van der Waals surface area contributed by atoms with Gasteiger partial charge in [-0.2, -0.15) is 0 Å². The number of ether oxygens (including phenoxy) is 2. The Labute approximate surface area is 125 Å². The van der Waals surface area contributed by atoms with Crippen LogP contribution in [0.15, 0.2) is 18.2 Å². The van der Waals surface area contributed by atoms with Gasteiger partial charge in [-0.3, -0.25) is 4.79 Å². The summed E-state index contributed by atoms with van der Waals surface area (Å²) in [7, 11) is 1.56. The number of nitrogen functional groups attached to an aromatic ring is 1. The Kier molecular flexibility index (Phi) is 6.61. The molecule has 5 nitrogen and oxygen atoms in total. The first-order valence-corrected chi connectivity index (χ1v) is 6.50. The zero-order valence-corrected chi connectivity index (χ0v) is 12.4. The number of hydrogen-bond acceptors (Lipinski definition) is 4. The van der Waals surface area contributed by atoms with E-state index in [0.717, 1.165) is 26.1 Å². The van der Waals surface area contributed by atoms with Crippen molar-refractivity contribution < 1.29 is 14.3 Å². The standard InChI is InChI=1S/C14H20N2O3.ClH/c1-18-13-4-3-11(8-12(13)15)16-14(17)5-2-10-6-7-19-9-10;/h3-4,8,10H,2,5-7,9,15H2,1H3,(H,16,17);1H. The number of anilines is 2. The summed E-state index contributed by atoms with van der Waals surface area (Å²) in [6.45, 7) is 1.60. The Morgan fingerprint density at radius 2 is 2.35 bits per heavy atom. The second kappa shape index (κ2) is 7.97. The van der Waals surface area contributed by atoms with Crippen molar-refractivity contribution in [2.24, 2.45) is 5.92 Å². The van der Waals surface area contributed by atoms with Crippen LogP contribution in [-0.4, -0.2) is 26.2 Å². The summed E-state index contributed by atoms with van der Waals surface area (Å²) in [6.07, 6.45) is 2.44. The lowest BCUT2D eigenvalue weighted by Crippen LogP contribution is -2.13. The summed E-state index contributed by atoms with van der Waals surface area (Å²) in [5.41, 5.74) is 7.01. The first kappa shape index (κ1) is 16.6. The average molecular weight is 301 g/mol. The minimum atomic E-state index is 0. The molecule has 1 aromatic carbocycles. The van der Waals surface area contributed by atoms with Gasteiger partial charge in [0.15, 0.2) is 0 Å². The normalized spacial score (nSPS) is 17.4. The molecule has 1 atom stereocenters. The molecule has 0 saturated carbocycles. The van der Waals surface area contributed by atoms with Gasteiger partial charge >= 0.3 is 0 Å². The molecule has 1 aromatic rings. The Hall–Kier alpha value is -1.46. The van der Waals surface area contributed by atoms with Gasteiger partial charge in [0.1, 0.15) is 5.75 Å². The summed E-state index contributed by atoms with van der Waals surface area (Å²) < 4.78 is 10.4. The van der Waals surface area contributed by atoms with Gasteiger partial charge in [0, 0.05) is 25.3 Å². The van der Waals surface area contributed by atoms with Gasteiger partial charge in [-0.05, 0) is 37.0 Å². The van der Waals surface area contributed by atoms with E-state index in [9.17, 15) is 4.79 Å². The summed E-state index contributed by atoms with van der Waals surface area (Å²) in [5, 5.41) is 2.84. The summed E-state index contributed by atoms with van der Waals surface area (Å²) in [6, 6.07) is 5.23. The molecule has 0 bridgehead atoms. The fraction of sp³-hybridized carbons (Fsp3) is 0.500. The number of methoxy groups -OCH3 is 1. The van der Waals surface area contributed by atoms with Crippen LogP contribution in [0.2, 0.25) is 0 Å². The van der Waals surface area contributed by atoms with Crippen molar-refractivity contribution in [1.29, 1.82) is 0 Å². The quantitative estimate of drug-likeness (QED) is 0.819. The van der Waals surface area contributed by atoms with Crippen molar-refractivity contribution in [3.8, 4) is 5.75 Å². The maximum atomic E-state index is 11.8. The monoisotopic (exact) mass is 300 g/mol. The smallest absolute Gasteiger partial charge is 0.224 e. The molecule has 1 amide bonds. The van der Waals surface area contributed by atoms with E-state index in [-0.39, 0.29) is 18.3 Å². The van der Waals surface area contributed by atoms with Gasteiger partial charge in [0.25, 0.3) is 0 Å². The van der Waals surface area contributed by atoms with Crippen molar-refractivity contribution in [1.82, 2.24) is 0 Å². The Bertz CT molecular complexity index is 448. The van der Waals surface area contributed by atoms with Gasteiger partial charge in [0.05, 0.1) is 12.8 Å². The molecule has 6 heteroatoms. The number of amides is 1. The van der Waals surface area contributed by atoms with Crippen molar-refractivity contribution in [3.63, 3.8) is 0 Å². The van der Waals surface area contributed by atoms with Gasteiger partial charge in [-0.25, -0.2) is 0 Å². The first-order chi connectivity index (χ1) is 9.19. The number of hydrogen-bond donors (Lipinski definition) is 2. The van der Waals surface area contributed by atoms with Crippen LogP contribution in [0.1, 0.15) is 19.3 Å². The molecule has 2 rings (SSSR count). The van der Waals surface area contributed by atoms with Gasteiger partial charge in [0.2, 0.25) is 5.91 Å². The summed E-state index contributed by atoms with van der Waals surface area (Å²) in [5.74, 6) is 1.14. The third-order valence-electron chi connectivity index (χ3n) is 3.32. The third-order valence-corrected chi connectivity index (χ3v) is 3.32. The zero-order valence-electron chi connectivity index (χ0n) is 11.6. The van der Waals surface area contributed by atoms with Crippen LogP contribution in [0.3, 0.4) is 0 Å². The van der Waals surface area contributed by atoms with Crippen molar-refractivity contribution >= 4 is 29.7 Å². The number of nitrogens with one attached hydrogen (secondary N) is 1. The highest BCUT2D eigenvalue weighted by Gasteiger charge is 2.16. The molecule has 1 unspecified atom stereocenters. The topological polar surface area (TPSA) is 73.6 Å². The second-order valence-corrected chi connectivity index (χ2v) is 4.77. The van der Waals surface area contributed by atoms with Crippen molar-refractivity contribution in [2.45, 2.75) is 19.3 Å². The highest BCUT2D eigenvalue weighted by Crippen LogP contribution is 2.25. The molecule has 0 spiro atoms. The number of carbonyl (C=O) groups excluding carboxylic acids is 1. The highest BCUT2D eigenvalue weighted by molar-refractivity contribution is 5.91. The number of carbonyl (C=O) groups is 1. The van der Waals surface area contributed by atoms with E-state index in [0.29, 0.717) is 29.5 Å². The number of nitrogens with two attached hydrogens (primary N) is 1. The Morgan fingerprint density at radius 3 is 2.95 bits per heavy atom. The molecular formula is C14H21ClN2O3. The number of halogens is 1. The van der Waals surface area contributed by atoms with E-state index in [1.165, 1.54) is 0 Å². The molecule has 1 fully saturated rings. The predicted octanol–water partition coefficient (Wildman–Crippen LogP) is 2.45. The van der Waals surface area contributed by atoms with Crippen LogP contribution in [0, 0.1) is 5.92 Å². The van der Waals surface area contributed by atoms with E-state index in [2.05, 4.69) is 5.32 Å². The van der Waals surface area contributed by atoms with Crippen LogP contribution in [0.5, 0.6) is 5.75 Å². The third kappa shape index (κ3) is 4.58. The molecule has 0 aromatic heterocycles. The lowest BCUT2D eigenvalue weighted by Gasteiger charge is -2.10. The van der Waals surface area contributed by atoms with Crippen LogP contribution >= 0.6 is 12.4 Å². The highest BCUT2D eigenvalue weighted by atomic mass is 35.5. The van der Waals surface area contributed by atoms with Crippen LogP contribution in [0.4, 0.5) is 11.4 Å². The molecule has 1 aliphatic heterocycles. The van der Waals surface area contributed by atoms with Crippen LogP contribution in [0.25, 0.3) is 0 Å². The van der Waals surface area contributed by atoms with Crippen molar-refractivity contribution in [3.05, 3.63) is 18.2 Å². The number of rotatable bonds is 5. The van der Waals surface area contributed by atoms with E-state index in [1.54, 1.807) is 25.3 Å². The van der Waals surface area contributed by atoms with Gasteiger partial charge in [-0.15, -0.1) is 12.4 Å². The molecule has 1 heterocycles. The second-order valence-electron chi connectivity index (χ2n) is 4.77. The molecule has 1 saturated heterocycles. The van der Waals surface area contributed by atoms with Crippen LogP contribution in [-0.2, 0) is 9.53 Å². The van der Waals surface area contributed by atoms with Crippen molar-refractivity contribution in [2.75, 3.05) is 31.4 Å². The fourth-order valence-corrected chi connectivity index (χ4v) is 2.18. The Balaban J connectivity index is 0.00000200. The van der Waals surface area contributed by atoms with Crippen LogP contribution < -0.4 is 15.8 Å². The number of benzene rings is 1. The molecule has 0 radical (unpaired) electrons. The van der Waals surface area contributed by atoms with E-state index in [1.807, 2.05) is 0 Å². The molecule has 3 N–H and O–H groups in total. The molecule has 112 valence electrons.